The standard InChI is InChI=1S/C14H17BrFN/c15-13-7-6-12(14(16)8-13)10-17-9-11-4-2-1-3-5-11/h1-2,6-8,11,17H,3-5,9-10H2. The van der Waals surface area contributed by atoms with Gasteiger partial charge in [-0.1, -0.05) is 34.1 Å². The van der Waals surface area contributed by atoms with E-state index in [0.29, 0.717) is 12.5 Å². The third kappa shape index (κ3) is 3.93. The maximum atomic E-state index is 13.5. The summed E-state index contributed by atoms with van der Waals surface area (Å²) in [6.45, 7) is 1.58. The molecule has 1 aromatic rings. The summed E-state index contributed by atoms with van der Waals surface area (Å²) < 4.78 is 14.3. The van der Waals surface area contributed by atoms with Gasteiger partial charge in [-0.3, -0.25) is 0 Å². The van der Waals surface area contributed by atoms with Gasteiger partial charge in [-0.25, -0.2) is 4.39 Å². The molecule has 17 heavy (non-hydrogen) atoms. The second-order valence-corrected chi connectivity index (χ2v) is 5.43. The van der Waals surface area contributed by atoms with Crippen molar-refractivity contribution >= 4 is 15.9 Å². The first-order chi connectivity index (χ1) is 8.25. The molecule has 0 radical (unpaired) electrons. The zero-order chi connectivity index (χ0) is 12.1. The van der Waals surface area contributed by atoms with Crippen molar-refractivity contribution in [1.29, 1.82) is 0 Å². The molecule has 1 unspecified atom stereocenters. The fourth-order valence-electron chi connectivity index (χ4n) is 2.12. The molecule has 2 rings (SSSR count). The van der Waals surface area contributed by atoms with Gasteiger partial charge in [0.25, 0.3) is 0 Å². The molecule has 0 bridgehead atoms. The van der Waals surface area contributed by atoms with Crippen LogP contribution in [-0.2, 0) is 6.54 Å². The van der Waals surface area contributed by atoms with Gasteiger partial charge >= 0.3 is 0 Å². The number of hydrogen-bond acceptors (Lipinski definition) is 1. The topological polar surface area (TPSA) is 12.0 Å². The fraction of sp³-hybridized carbons (Fsp3) is 0.429. The van der Waals surface area contributed by atoms with Crippen molar-refractivity contribution in [2.24, 2.45) is 5.92 Å². The quantitative estimate of drug-likeness (QED) is 0.827. The smallest absolute Gasteiger partial charge is 0.128 e. The van der Waals surface area contributed by atoms with Crippen LogP contribution in [0.2, 0.25) is 0 Å². The van der Waals surface area contributed by atoms with E-state index >= 15 is 0 Å². The Labute approximate surface area is 110 Å². The van der Waals surface area contributed by atoms with Crippen LogP contribution in [0.15, 0.2) is 34.8 Å². The number of benzene rings is 1. The van der Waals surface area contributed by atoms with E-state index in [4.69, 9.17) is 0 Å². The van der Waals surface area contributed by atoms with Gasteiger partial charge in [0.2, 0.25) is 0 Å². The highest BCUT2D eigenvalue weighted by Gasteiger charge is 2.09. The largest absolute Gasteiger partial charge is 0.312 e. The van der Waals surface area contributed by atoms with E-state index in [1.165, 1.54) is 18.9 Å². The molecule has 92 valence electrons. The molecule has 1 aliphatic rings. The highest BCUT2D eigenvalue weighted by molar-refractivity contribution is 9.10. The number of hydrogen-bond donors (Lipinski definition) is 1. The average Bonchev–Trinajstić information content (AvgIpc) is 2.33. The molecule has 0 aliphatic heterocycles. The van der Waals surface area contributed by atoms with Crippen LogP contribution in [0.5, 0.6) is 0 Å². The normalized spacial score (nSPS) is 19.5. The summed E-state index contributed by atoms with van der Waals surface area (Å²) in [5, 5.41) is 3.34. The molecule has 0 fully saturated rings. The Kier molecular flexibility index (Phi) is 4.75. The molecule has 3 heteroatoms. The van der Waals surface area contributed by atoms with E-state index in [2.05, 4.69) is 33.4 Å². The molecule has 0 spiro atoms. The predicted molar refractivity (Wildman–Crippen MR) is 72.3 cm³/mol. The molecule has 1 aliphatic carbocycles. The lowest BCUT2D eigenvalue weighted by Gasteiger charge is -2.18. The average molecular weight is 298 g/mol. The minimum atomic E-state index is -0.143. The van der Waals surface area contributed by atoms with E-state index in [1.54, 1.807) is 0 Å². The first kappa shape index (κ1) is 12.8. The third-order valence-electron chi connectivity index (χ3n) is 3.14. The summed E-state index contributed by atoms with van der Waals surface area (Å²) in [6.07, 6.45) is 8.06. The summed E-state index contributed by atoms with van der Waals surface area (Å²) in [5.41, 5.74) is 0.736. The Hall–Kier alpha value is -0.670. The van der Waals surface area contributed by atoms with Crippen LogP contribution in [0.3, 0.4) is 0 Å². The fourth-order valence-corrected chi connectivity index (χ4v) is 2.45. The molecule has 1 atom stereocenters. The first-order valence-electron chi connectivity index (χ1n) is 6.05. The zero-order valence-electron chi connectivity index (χ0n) is 9.76. The zero-order valence-corrected chi connectivity index (χ0v) is 11.3. The molecule has 0 saturated heterocycles. The summed E-state index contributed by atoms with van der Waals surface area (Å²) in [4.78, 5) is 0. The van der Waals surface area contributed by atoms with E-state index in [9.17, 15) is 4.39 Å². The molecule has 1 N–H and O–H groups in total. The second-order valence-electron chi connectivity index (χ2n) is 4.52. The van der Waals surface area contributed by atoms with Gasteiger partial charge in [0.05, 0.1) is 0 Å². The molecule has 1 nitrogen and oxygen atoms in total. The van der Waals surface area contributed by atoms with E-state index in [-0.39, 0.29) is 5.82 Å². The minimum Gasteiger partial charge on any atom is -0.312 e. The maximum Gasteiger partial charge on any atom is 0.128 e. The number of rotatable bonds is 4. The van der Waals surface area contributed by atoms with Crippen LogP contribution in [-0.4, -0.2) is 6.54 Å². The molecule has 0 aromatic heterocycles. The van der Waals surface area contributed by atoms with Gasteiger partial charge in [0, 0.05) is 16.6 Å². The van der Waals surface area contributed by atoms with Crippen LogP contribution in [0.1, 0.15) is 24.8 Å². The molecular formula is C14H17BrFN. The summed E-state index contributed by atoms with van der Waals surface area (Å²) in [6, 6.07) is 5.22. The SMILES string of the molecule is Fc1cc(Br)ccc1CNCC1CC=CCC1. The highest BCUT2D eigenvalue weighted by Crippen LogP contribution is 2.18. The van der Waals surface area contributed by atoms with Crippen molar-refractivity contribution in [2.75, 3.05) is 6.54 Å². The van der Waals surface area contributed by atoms with Crippen molar-refractivity contribution in [1.82, 2.24) is 5.32 Å². The predicted octanol–water partition coefficient (Wildman–Crippen LogP) is 4.03. The lowest BCUT2D eigenvalue weighted by atomic mass is 9.94. The monoisotopic (exact) mass is 297 g/mol. The Morgan fingerprint density at radius 2 is 2.24 bits per heavy atom. The Morgan fingerprint density at radius 3 is 2.94 bits per heavy atom. The van der Waals surface area contributed by atoms with Gasteiger partial charge in [-0.2, -0.15) is 0 Å². The van der Waals surface area contributed by atoms with Crippen LogP contribution < -0.4 is 5.32 Å². The van der Waals surface area contributed by atoms with E-state index in [0.717, 1.165) is 23.0 Å². The number of halogens is 2. The lowest BCUT2D eigenvalue weighted by Crippen LogP contribution is -2.23. The van der Waals surface area contributed by atoms with Crippen LogP contribution in [0.25, 0.3) is 0 Å². The van der Waals surface area contributed by atoms with Crippen molar-refractivity contribution in [3.05, 3.63) is 46.2 Å². The van der Waals surface area contributed by atoms with Gasteiger partial charge in [0.15, 0.2) is 0 Å². The van der Waals surface area contributed by atoms with Crippen LogP contribution >= 0.6 is 15.9 Å². The van der Waals surface area contributed by atoms with Crippen LogP contribution in [0, 0.1) is 11.7 Å². The maximum absolute atomic E-state index is 13.5. The van der Waals surface area contributed by atoms with E-state index in [1.807, 2.05) is 12.1 Å². The van der Waals surface area contributed by atoms with Gasteiger partial charge in [-0.15, -0.1) is 0 Å². The van der Waals surface area contributed by atoms with Crippen molar-refractivity contribution in [3.63, 3.8) is 0 Å². The first-order valence-corrected chi connectivity index (χ1v) is 6.84. The lowest BCUT2D eigenvalue weighted by molar-refractivity contribution is 0.437. The Morgan fingerprint density at radius 1 is 1.35 bits per heavy atom. The van der Waals surface area contributed by atoms with Crippen molar-refractivity contribution in [3.8, 4) is 0 Å². The van der Waals surface area contributed by atoms with Crippen LogP contribution in [0.4, 0.5) is 4.39 Å². The number of allylic oxidation sites excluding steroid dienone is 2. The third-order valence-corrected chi connectivity index (χ3v) is 3.63. The van der Waals surface area contributed by atoms with Gasteiger partial charge in [-0.05, 0) is 43.9 Å². The summed E-state index contributed by atoms with van der Waals surface area (Å²) >= 11 is 3.26. The van der Waals surface area contributed by atoms with Crippen molar-refractivity contribution < 1.29 is 4.39 Å². The minimum absolute atomic E-state index is 0.143. The highest BCUT2D eigenvalue weighted by atomic mass is 79.9. The molecule has 0 heterocycles. The molecular weight excluding hydrogens is 281 g/mol. The molecule has 0 saturated carbocycles. The van der Waals surface area contributed by atoms with Gasteiger partial charge < -0.3 is 5.32 Å². The van der Waals surface area contributed by atoms with Crippen molar-refractivity contribution in [2.45, 2.75) is 25.8 Å². The Balaban J connectivity index is 1.79. The molecule has 0 amide bonds. The summed E-state index contributed by atoms with van der Waals surface area (Å²) in [5.74, 6) is 0.564. The van der Waals surface area contributed by atoms with Gasteiger partial charge in [0.1, 0.15) is 5.82 Å². The summed E-state index contributed by atoms with van der Waals surface area (Å²) in [7, 11) is 0. The second kappa shape index (κ2) is 6.31. The molecule has 1 aromatic carbocycles. The Bertz CT molecular complexity index is 403. The van der Waals surface area contributed by atoms with E-state index < -0.39 is 0 Å². The number of nitrogens with one attached hydrogen (secondary N) is 1.